The van der Waals surface area contributed by atoms with Gasteiger partial charge >= 0.3 is 0 Å². The van der Waals surface area contributed by atoms with E-state index in [-0.39, 0.29) is 6.04 Å². The maximum Gasteiger partial charge on any atom is 0.119 e. The van der Waals surface area contributed by atoms with E-state index < -0.39 is 0 Å². The average molecular weight is 285 g/mol. The summed E-state index contributed by atoms with van der Waals surface area (Å²) in [6, 6.07) is 11.9. The quantitative estimate of drug-likeness (QED) is 0.571. The predicted molar refractivity (Wildman–Crippen MR) is 81.8 cm³/mol. The standard InChI is InChI=1S/C15H15N3OS/c1-19-12-4-2-3-10(7-12)15(18-16)11-8-14-13(17-9-11)5-6-20-14/h2-9,15,18H,16H2,1H3. The van der Waals surface area contributed by atoms with Gasteiger partial charge in [0.15, 0.2) is 0 Å². The molecule has 2 aromatic heterocycles. The first-order valence-electron chi connectivity index (χ1n) is 6.25. The summed E-state index contributed by atoms with van der Waals surface area (Å²) in [4.78, 5) is 4.46. The molecule has 0 spiro atoms. The van der Waals surface area contributed by atoms with E-state index >= 15 is 0 Å². The van der Waals surface area contributed by atoms with E-state index in [1.54, 1.807) is 18.4 Å². The second-order valence-corrected chi connectivity index (χ2v) is 5.40. The lowest BCUT2D eigenvalue weighted by molar-refractivity contribution is 0.413. The molecule has 0 fully saturated rings. The topological polar surface area (TPSA) is 60.2 Å². The van der Waals surface area contributed by atoms with Crippen molar-refractivity contribution in [3.8, 4) is 5.75 Å². The number of fused-ring (bicyclic) bond motifs is 1. The highest BCUT2D eigenvalue weighted by atomic mass is 32.1. The van der Waals surface area contributed by atoms with Crippen molar-refractivity contribution in [3.63, 3.8) is 0 Å². The molecular formula is C15H15N3OS. The van der Waals surface area contributed by atoms with Crippen LogP contribution in [0, 0.1) is 0 Å². The molecule has 3 rings (SSSR count). The number of hydrogen-bond donors (Lipinski definition) is 2. The van der Waals surface area contributed by atoms with Crippen LogP contribution in [0.1, 0.15) is 17.2 Å². The molecule has 0 aliphatic carbocycles. The normalized spacial score (nSPS) is 12.5. The molecular weight excluding hydrogens is 270 g/mol. The molecule has 3 aromatic rings. The fourth-order valence-corrected chi connectivity index (χ4v) is 3.01. The number of hydrogen-bond acceptors (Lipinski definition) is 5. The van der Waals surface area contributed by atoms with Crippen molar-refractivity contribution in [2.24, 2.45) is 5.84 Å². The minimum atomic E-state index is -0.107. The Bertz CT molecular complexity index is 726. The Morgan fingerprint density at radius 3 is 2.95 bits per heavy atom. The molecule has 0 radical (unpaired) electrons. The first kappa shape index (κ1) is 13.1. The van der Waals surface area contributed by atoms with Gasteiger partial charge in [-0.3, -0.25) is 10.8 Å². The van der Waals surface area contributed by atoms with Crippen LogP contribution >= 0.6 is 11.3 Å². The second-order valence-electron chi connectivity index (χ2n) is 4.45. The summed E-state index contributed by atoms with van der Waals surface area (Å²) in [6.45, 7) is 0. The lowest BCUT2D eigenvalue weighted by atomic mass is 10.0. The zero-order chi connectivity index (χ0) is 13.9. The summed E-state index contributed by atoms with van der Waals surface area (Å²) in [7, 11) is 1.66. The largest absolute Gasteiger partial charge is 0.497 e. The minimum absolute atomic E-state index is 0.107. The molecule has 0 aliphatic heterocycles. The number of nitrogens with two attached hydrogens (primary N) is 1. The zero-order valence-electron chi connectivity index (χ0n) is 11.0. The maximum atomic E-state index is 5.73. The fraction of sp³-hybridized carbons (Fsp3) is 0.133. The van der Waals surface area contributed by atoms with E-state index in [2.05, 4.69) is 16.5 Å². The van der Waals surface area contributed by atoms with Crippen molar-refractivity contribution in [2.45, 2.75) is 6.04 Å². The maximum absolute atomic E-state index is 5.73. The highest BCUT2D eigenvalue weighted by molar-refractivity contribution is 7.17. The fourth-order valence-electron chi connectivity index (χ4n) is 2.23. The Balaban J connectivity index is 2.03. The minimum Gasteiger partial charge on any atom is -0.497 e. The van der Waals surface area contributed by atoms with Gasteiger partial charge in [-0.2, -0.15) is 0 Å². The number of ether oxygens (including phenoxy) is 1. The molecule has 0 saturated carbocycles. The molecule has 102 valence electrons. The van der Waals surface area contributed by atoms with Gasteiger partial charge in [-0.25, -0.2) is 5.43 Å². The Morgan fingerprint density at radius 2 is 2.15 bits per heavy atom. The zero-order valence-corrected chi connectivity index (χ0v) is 11.9. The Morgan fingerprint density at radius 1 is 1.25 bits per heavy atom. The van der Waals surface area contributed by atoms with E-state index in [1.807, 2.05) is 41.9 Å². The number of rotatable bonds is 4. The lowest BCUT2D eigenvalue weighted by Crippen LogP contribution is -2.28. The average Bonchev–Trinajstić information content (AvgIpc) is 2.96. The van der Waals surface area contributed by atoms with Crippen molar-refractivity contribution in [1.29, 1.82) is 0 Å². The number of pyridine rings is 1. The van der Waals surface area contributed by atoms with Gasteiger partial charge in [0.2, 0.25) is 0 Å². The number of benzene rings is 1. The SMILES string of the molecule is COc1cccc(C(NN)c2cnc3ccsc3c2)c1. The number of nitrogens with zero attached hydrogens (tertiary/aromatic N) is 1. The third kappa shape index (κ3) is 2.38. The van der Waals surface area contributed by atoms with Crippen LogP contribution < -0.4 is 16.0 Å². The van der Waals surface area contributed by atoms with Crippen LogP contribution in [0.5, 0.6) is 5.75 Å². The van der Waals surface area contributed by atoms with Gasteiger partial charge in [0.05, 0.1) is 23.4 Å². The predicted octanol–water partition coefficient (Wildman–Crippen LogP) is 2.86. The number of aromatic nitrogens is 1. The van der Waals surface area contributed by atoms with Gasteiger partial charge in [-0.1, -0.05) is 12.1 Å². The summed E-state index contributed by atoms with van der Waals surface area (Å²) in [5.41, 5.74) is 5.95. The van der Waals surface area contributed by atoms with Gasteiger partial charge in [0.25, 0.3) is 0 Å². The van der Waals surface area contributed by atoms with Crippen molar-refractivity contribution >= 4 is 21.6 Å². The first-order chi connectivity index (χ1) is 9.81. The van der Waals surface area contributed by atoms with E-state index in [0.717, 1.165) is 27.1 Å². The van der Waals surface area contributed by atoms with Crippen LogP contribution in [0.4, 0.5) is 0 Å². The summed E-state index contributed by atoms with van der Waals surface area (Å²) in [5.74, 6) is 6.55. The van der Waals surface area contributed by atoms with E-state index in [0.29, 0.717) is 0 Å². The van der Waals surface area contributed by atoms with Gasteiger partial charge in [0, 0.05) is 6.20 Å². The van der Waals surface area contributed by atoms with Crippen molar-refractivity contribution in [2.75, 3.05) is 7.11 Å². The highest BCUT2D eigenvalue weighted by Gasteiger charge is 2.14. The molecule has 0 aliphatic rings. The third-order valence-electron chi connectivity index (χ3n) is 3.25. The second kappa shape index (κ2) is 5.58. The van der Waals surface area contributed by atoms with E-state index in [1.165, 1.54) is 0 Å². The number of methoxy groups -OCH3 is 1. The van der Waals surface area contributed by atoms with Crippen LogP contribution in [0.15, 0.2) is 48.0 Å². The molecule has 0 amide bonds. The molecule has 0 bridgehead atoms. The molecule has 1 aromatic carbocycles. The Hall–Kier alpha value is -1.95. The van der Waals surface area contributed by atoms with Crippen molar-refractivity contribution in [1.82, 2.24) is 10.4 Å². The first-order valence-corrected chi connectivity index (χ1v) is 7.13. The van der Waals surface area contributed by atoms with Crippen LogP contribution in [-0.2, 0) is 0 Å². The molecule has 0 saturated heterocycles. The van der Waals surface area contributed by atoms with Crippen LogP contribution in [0.2, 0.25) is 0 Å². The van der Waals surface area contributed by atoms with Crippen LogP contribution in [0.3, 0.4) is 0 Å². The van der Waals surface area contributed by atoms with Crippen molar-refractivity contribution < 1.29 is 4.74 Å². The summed E-state index contributed by atoms with van der Waals surface area (Å²) in [5, 5.41) is 2.04. The van der Waals surface area contributed by atoms with Gasteiger partial charge in [-0.15, -0.1) is 11.3 Å². The molecule has 3 N–H and O–H groups in total. The molecule has 20 heavy (non-hydrogen) atoms. The Kier molecular flexibility index (Phi) is 3.64. The molecule has 4 nitrogen and oxygen atoms in total. The third-order valence-corrected chi connectivity index (χ3v) is 4.10. The summed E-state index contributed by atoms with van der Waals surface area (Å²) in [6.07, 6.45) is 1.86. The number of thiophene rings is 1. The van der Waals surface area contributed by atoms with E-state index in [9.17, 15) is 0 Å². The van der Waals surface area contributed by atoms with Crippen molar-refractivity contribution in [3.05, 3.63) is 59.1 Å². The molecule has 1 unspecified atom stereocenters. The van der Waals surface area contributed by atoms with E-state index in [4.69, 9.17) is 10.6 Å². The van der Waals surface area contributed by atoms with Crippen LogP contribution in [0.25, 0.3) is 10.2 Å². The molecule has 1 atom stereocenters. The summed E-state index contributed by atoms with van der Waals surface area (Å²) >= 11 is 1.68. The Labute approximate surface area is 121 Å². The molecule has 5 heteroatoms. The van der Waals surface area contributed by atoms with Crippen LogP contribution in [-0.4, -0.2) is 12.1 Å². The highest BCUT2D eigenvalue weighted by Crippen LogP contribution is 2.27. The van der Waals surface area contributed by atoms with Gasteiger partial charge < -0.3 is 4.74 Å². The smallest absolute Gasteiger partial charge is 0.119 e. The monoisotopic (exact) mass is 285 g/mol. The molecule has 2 heterocycles. The van der Waals surface area contributed by atoms with Gasteiger partial charge in [0.1, 0.15) is 5.75 Å². The number of nitrogens with one attached hydrogen (secondary N) is 1. The number of hydrazine groups is 1. The lowest BCUT2D eigenvalue weighted by Gasteiger charge is -2.17. The van der Waals surface area contributed by atoms with Gasteiger partial charge in [-0.05, 0) is 40.8 Å². The summed E-state index contributed by atoms with van der Waals surface area (Å²) < 4.78 is 6.42.